The molecule has 216 valence electrons. The van der Waals surface area contributed by atoms with Gasteiger partial charge in [0.1, 0.15) is 12.7 Å². The van der Waals surface area contributed by atoms with E-state index in [-0.39, 0.29) is 17.3 Å². The summed E-state index contributed by atoms with van der Waals surface area (Å²) in [6.45, 7) is 5.63. The van der Waals surface area contributed by atoms with Gasteiger partial charge in [0, 0.05) is 29.8 Å². The Bertz CT molecular complexity index is 1760. The first-order chi connectivity index (χ1) is 20.1. The lowest BCUT2D eigenvalue weighted by Crippen LogP contribution is -2.29. The summed E-state index contributed by atoms with van der Waals surface area (Å²) in [4.78, 5) is 30.7. The van der Waals surface area contributed by atoms with Crippen LogP contribution in [0.1, 0.15) is 37.9 Å². The maximum atomic E-state index is 13.7. The van der Waals surface area contributed by atoms with Crippen LogP contribution in [0, 0.1) is 18.8 Å². The van der Waals surface area contributed by atoms with Crippen molar-refractivity contribution >= 4 is 34.8 Å². The van der Waals surface area contributed by atoms with Gasteiger partial charge in [-0.25, -0.2) is 19.9 Å². The van der Waals surface area contributed by atoms with Gasteiger partial charge in [-0.15, -0.1) is 0 Å². The zero-order valence-corrected chi connectivity index (χ0v) is 23.2. The van der Waals surface area contributed by atoms with E-state index in [0.29, 0.717) is 28.7 Å². The van der Waals surface area contributed by atoms with Gasteiger partial charge in [-0.1, -0.05) is 19.1 Å². The van der Waals surface area contributed by atoms with Gasteiger partial charge in [-0.2, -0.15) is 13.2 Å². The number of anilines is 2. The topological polar surface area (TPSA) is 103 Å². The number of aromatic nitrogens is 6. The van der Waals surface area contributed by atoms with E-state index in [1.54, 1.807) is 30.1 Å². The van der Waals surface area contributed by atoms with Crippen molar-refractivity contribution in [2.45, 2.75) is 45.8 Å². The molecule has 1 aromatic carbocycles. The van der Waals surface area contributed by atoms with Crippen LogP contribution in [-0.2, 0) is 11.0 Å². The number of rotatable bonds is 7. The average Bonchev–Trinajstić information content (AvgIpc) is 3.49. The Labute approximate surface area is 239 Å². The Kier molecular flexibility index (Phi) is 6.91. The number of nitrogens with zero attached hydrogens (tertiary/aromatic N) is 6. The first-order valence-corrected chi connectivity index (χ1v) is 13.6. The van der Waals surface area contributed by atoms with Crippen molar-refractivity contribution in [1.82, 2.24) is 29.1 Å². The maximum Gasteiger partial charge on any atom is 0.416 e. The van der Waals surface area contributed by atoms with Gasteiger partial charge in [0.15, 0.2) is 17.0 Å². The van der Waals surface area contributed by atoms with Crippen LogP contribution in [0.2, 0.25) is 0 Å². The number of amides is 1. The Balaban J connectivity index is 1.23. The van der Waals surface area contributed by atoms with Gasteiger partial charge in [0.25, 0.3) is 0 Å². The molecular weight excluding hydrogens is 545 g/mol. The second-order valence-corrected chi connectivity index (χ2v) is 10.8. The van der Waals surface area contributed by atoms with Gasteiger partial charge in [-0.3, -0.25) is 9.36 Å². The minimum absolute atomic E-state index is 0.0559. The molecule has 1 saturated carbocycles. The van der Waals surface area contributed by atoms with E-state index in [4.69, 9.17) is 0 Å². The highest BCUT2D eigenvalue weighted by molar-refractivity contribution is 5.95. The standard InChI is InChI=1S/C30H29F3N8O/c1-17-4-7-25(29(42)39-22-10-20(30(31,32)33)11-23(12-22)41-13-18(2)36-15-41)19(3)24(17)8-9-40-16-37-26-27(38-21-5-6-21)34-14-35-28(26)40/h4,7-16,19,21,25H,5-6H2,1-3H3,(H,39,42)(H,34,35,38)/b9-8+. The Hall–Kier alpha value is -4.74. The number of alkyl halides is 3. The van der Waals surface area contributed by atoms with Gasteiger partial charge < -0.3 is 15.2 Å². The SMILES string of the molecule is CC1=C(/C=C/n2cnc3c(NC4CC4)ncnc32)C(C)C(C(=O)Nc2cc(-n3cnc(C)c3)cc(C(F)(F)F)c2)C=C1. The van der Waals surface area contributed by atoms with Crippen molar-refractivity contribution in [2.24, 2.45) is 11.8 Å². The van der Waals surface area contributed by atoms with Crippen molar-refractivity contribution in [3.8, 4) is 5.69 Å². The fourth-order valence-corrected chi connectivity index (χ4v) is 5.09. The van der Waals surface area contributed by atoms with E-state index < -0.39 is 23.6 Å². The summed E-state index contributed by atoms with van der Waals surface area (Å²) in [6.07, 6.45) is 11.3. The highest BCUT2D eigenvalue weighted by Crippen LogP contribution is 2.35. The first kappa shape index (κ1) is 27.4. The van der Waals surface area contributed by atoms with Crippen LogP contribution in [-0.4, -0.2) is 41.0 Å². The van der Waals surface area contributed by atoms with E-state index >= 15 is 0 Å². The molecular formula is C30H29F3N8O. The molecule has 0 aliphatic heterocycles. The number of allylic oxidation sites excluding steroid dienone is 4. The molecule has 2 atom stereocenters. The summed E-state index contributed by atoms with van der Waals surface area (Å²) in [7, 11) is 0. The number of nitrogens with one attached hydrogen (secondary N) is 2. The second kappa shape index (κ2) is 10.6. The summed E-state index contributed by atoms with van der Waals surface area (Å²) >= 11 is 0. The second-order valence-electron chi connectivity index (χ2n) is 10.8. The molecule has 1 amide bonds. The summed E-state index contributed by atoms with van der Waals surface area (Å²) in [5, 5.41) is 6.09. The number of aryl methyl sites for hydroxylation is 1. The van der Waals surface area contributed by atoms with Crippen LogP contribution >= 0.6 is 0 Å². The van der Waals surface area contributed by atoms with Crippen LogP contribution < -0.4 is 10.6 Å². The third-order valence-electron chi connectivity index (χ3n) is 7.56. The summed E-state index contributed by atoms with van der Waals surface area (Å²) in [6, 6.07) is 3.91. The molecule has 4 aromatic rings. The van der Waals surface area contributed by atoms with Crippen molar-refractivity contribution in [3.05, 3.63) is 84.0 Å². The first-order valence-electron chi connectivity index (χ1n) is 13.6. The largest absolute Gasteiger partial charge is 0.416 e. The van der Waals surface area contributed by atoms with Crippen LogP contribution in [0.4, 0.5) is 24.7 Å². The van der Waals surface area contributed by atoms with Gasteiger partial charge in [0.2, 0.25) is 5.91 Å². The third-order valence-corrected chi connectivity index (χ3v) is 7.56. The summed E-state index contributed by atoms with van der Waals surface area (Å²) < 4.78 is 44.4. The zero-order chi connectivity index (χ0) is 29.6. The number of hydrogen-bond acceptors (Lipinski definition) is 6. The molecule has 3 aromatic heterocycles. The van der Waals surface area contributed by atoms with Crippen LogP contribution in [0.25, 0.3) is 23.1 Å². The highest BCUT2D eigenvalue weighted by atomic mass is 19.4. The van der Waals surface area contributed by atoms with E-state index in [1.165, 1.54) is 23.3 Å². The molecule has 6 rings (SSSR count). The molecule has 42 heavy (non-hydrogen) atoms. The van der Waals surface area contributed by atoms with E-state index in [1.807, 2.05) is 32.2 Å². The highest BCUT2D eigenvalue weighted by Gasteiger charge is 2.33. The molecule has 9 nitrogen and oxygen atoms in total. The van der Waals surface area contributed by atoms with E-state index in [2.05, 4.69) is 30.6 Å². The van der Waals surface area contributed by atoms with E-state index in [9.17, 15) is 18.0 Å². The lowest BCUT2D eigenvalue weighted by atomic mass is 9.80. The molecule has 2 aliphatic carbocycles. The quantitative estimate of drug-likeness (QED) is 0.274. The van der Waals surface area contributed by atoms with Gasteiger partial charge in [-0.05, 0) is 68.0 Å². The summed E-state index contributed by atoms with van der Waals surface area (Å²) in [5.74, 6) is -0.542. The molecule has 0 spiro atoms. The molecule has 2 aliphatic rings. The molecule has 3 heterocycles. The van der Waals surface area contributed by atoms with Crippen molar-refractivity contribution in [1.29, 1.82) is 0 Å². The summed E-state index contributed by atoms with van der Waals surface area (Å²) in [5.41, 5.74) is 3.34. The monoisotopic (exact) mass is 574 g/mol. The number of benzene rings is 1. The van der Waals surface area contributed by atoms with E-state index in [0.717, 1.165) is 36.1 Å². The average molecular weight is 575 g/mol. The minimum atomic E-state index is -4.59. The van der Waals surface area contributed by atoms with Crippen molar-refractivity contribution < 1.29 is 18.0 Å². The number of carbonyl (C=O) groups excluding carboxylic acids is 1. The van der Waals surface area contributed by atoms with Crippen LogP contribution in [0.15, 0.2) is 72.8 Å². The number of hydrogen-bond donors (Lipinski definition) is 2. The molecule has 0 saturated heterocycles. The Morgan fingerprint density at radius 2 is 1.88 bits per heavy atom. The zero-order valence-electron chi connectivity index (χ0n) is 23.2. The predicted molar refractivity (Wildman–Crippen MR) is 154 cm³/mol. The van der Waals surface area contributed by atoms with Gasteiger partial charge >= 0.3 is 6.18 Å². The number of fused-ring (bicyclic) bond motifs is 1. The molecule has 2 N–H and O–H groups in total. The fourth-order valence-electron chi connectivity index (χ4n) is 5.09. The van der Waals surface area contributed by atoms with Crippen molar-refractivity contribution in [3.63, 3.8) is 0 Å². The van der Waals surface area contributed by atoms with Crippen LogP contribution in [0.3, 0.4) is 0 Å². The normalized spacial score (nSPS) is 19.2. The van der Waals surface area contributed by atoms with Crippen molar-refractivity contribution in [2.75, 3.05) is 10.6 Å². The van der Waals surface area contributed by atoms with Gasteiger partial charge in [0.05, 0.1) is 23.5 Å². The fraction of sp³-hybridized carbons (Fsp3) is 0.300. The molecule has 12 heteroatoms. The number of halogens is 3. The molecule has 0 radical (unpaired) electrons. The number of carbonyl (C=O) groups is 1. The predicted octanol–water partition coefficient (Wildman–Crippen LogP) is 6.16. The molecule has 2 unspecified atom stereocenters. The lowest BCUT2D eigenvalue weighted by molar-refractivity contribution is -0.137. The maximum absolute atomic E-state index is 13.7. The number of imidazole rings is 2. The Morgan fingerprint density at radius 1 is 1.07 bits per heavy atom. The van der Waals surface area contributed by atoms with Crippen LogP contribution in [0.5, 0.6) is 0 Å². The minimum Gasteiger partial charge on any atom is -0.365 e. The third kappa shape index (κ3) is 5.56. The lowest BCUT2D eigenvalue weighted by Gasteiger charge is -2.26. The Morgan fingerprint density at radius 3 is 2.60 bits per heavy atom. The molecule has 0 bridgehead atoms. The molecule has 1 fully saturated rings. The smallest absolute Gasteiger partial charge is 0.365 e.